The molecule has 0 bridgehead atoms. The van der Waals surface area contributed by atoms with E-state index in [1.807, 2.05) is 0 Å². The quantitative estimate of drug-likeness (QED) is 0.704. The third kappa shape index (κ3) is 5.46. The minimum atomic E-state index is -4.83. The molecule has 0 aromatic heterocycles. The van der Waals surface area contributed by atoms with E-state index in [9.17, 15) is 18.0 Å². The first-order chi connectivity index (χ1) is 5.88. The molecule has 0 saturated heterocycles. The summed E-state index contributed by atoms with van der Waals surface area (Å²) < 4.78 is 35.0. The maximum absolute atomic E-state index is 11.7. The number of carbonyl (C=O) groups excluding carboxylic acids is 1. The number of hydrogen-bond donors (Lipinski definition) is 2. The van der Waals surface area contributed by atoms with Crippen LogP contribution in [-0.4, -0.2) is 29.8 Å². The Morgan fingerprint density at radius 3 is 2.46 bits per heavy atom. The van der Waals surface area contributed by atoms with E-state index >= 15 is 0 Å². The molecule has 0 aromatic rings. The van der Waals surface area contributed by atoms with Crippen LogP contribution in [0.2, 0.25) is 0 Å². The van der Waals surface area contributed by atoms with Crippen molar-refractivity contribution in [3.05, 3.63) is 0 Å². The first kappa shape index (κ1) is 12.2. The molecule has 1 amide bonds. The number of alkyl halides is 3. The van der Waals surface area contributed by atoms with Gasteiger partial charge in [-0.3, -0.25) is 4.79 Å². The summed E-state index contributed by atoms with van der Waals surface area (Å²) in [6.45, 7) is 1.37. The lowest BCUT2D eigenvalue weighted by Crippen LogP contribution is -2.41. The van der Waals surface area contributed by atoms with E-state index in [4.69, 9.17) is 5.11 Å². The molecular formula is C7H12F3NO2. The van der Waals surface area contributed by atoms with E-state index in [1.165, 1.54) is 6.92 Å². The van der Waals surface area contributed by atoms with Gasteiger partial charge in [0.1, 0.15) is 0 Å². The van der Waals surface area contributed by atoms with Crippen LogP contribution >= 0.6 is 0 Å². The highest BCUT2D eigenvalue weighted by molar-refractivity contribution is 5.81. The van der Waals surface area contributed by atoms with Gasteiger partial charge in [0.05, 0.1) is 0 Å². The largest absolute Gasteiger partial charge is 0.471 e. The molecule has 0 aliphatic carbocycles. The van der Waals surface area contributed by atoms with E-state index in [1.54, 1.807) is 5.32 Å². The van der Waals surface area contributed by atoms with E-state index in [0.717, 1.165) is 0 Å². The summed E-state index contributed by atoms with van der Waals surface area (Å²) in [5, 5.41) is 10.2. The average Bonchev–Trinajstić information content (AvgIpc) is 1.99. The van der Waals surface area contributed by atoms with Gasteiger partial charge in [-0.2, -0.15) is 13.2 Å². The van der Waals surface area contributed by atoms with Crippen LogP contribution in [0.1, 0.15) is 19.8 Å². The van der Waals surface area contributed by atoms with Gasteiger partial charge in [-0.25, -0.2) is 0 Å². The fraction of sp³-hybridized carbons (Fsp3) is 0.857. The zero-order valence-electron chi connectivity index (χ0n) is 7.19. The number of aliphatic hydroxyl groups is 1. The van der Waals surface area contributed by atoms with Crippen LogP contribution in [0.25, 0.3) is 0 Å². The molecule has 2 N–H and O–H groups in total. The predicted octanol–water partition coefficient (Wildman–Crippen LogP) is 0.826. The Kier molecular flexibility index (Phi) is 4.76. The predicted molar refractivity (Wildman–Crippen MR) is 40.0 cm³/mol. The molecule has 0 heterocycles. The van der Waals surface area contributed by atoms with Gasteiger partial charge >= 0.3 is 12.1 Å². The highest BCUT2D eigenvalue weighted by Crippen LogP contribution is 2.14. The number of rotatable bonds is 4. The van der Waals surface area contributed by atoms with Crippen LogP contribution in [0, 0.1) is 0 Å². The van der Waals surface area contributed by atoms with Crippen LogP contribution < -0.4 is 5.32 Å². The Bertz CT molecular complexity index is 170. The average molecular weight is 199 g/mol. The first-order valence-corrected chi connectivity index (χ1v) is 3.86. The SMILES string of the molecule is CC(CCCO)NC(=O)C(F)(F)F. The lowest BCUT2D eigenvalue weighted by Gasteiger charge is -2.14. The maximum Gasteiger partial charge on any atom is 0.471 e. The summed E-state index contributed by atoms with van der Waals surface area (Å²) in [5.41, 5.74) is 0. The normalized spacial score (nSPS) is 13.9. The minimum absolute atomic E-state index is 0.0910. The van der Waals surface area contributed by atoms with Crippen molar-refractivity contribution >= 4 is 5.91 Å². The van der Waals surface area contributed by atoms with Gasteiger partial charge in [0, 0.05) is 12.6 Å². The number of carbonyl (C=O) groups is 1. The highest BCUT2D eigenvalue weighted by atomic mass is 19.4. The highest BCUT2D eigenvalue weighted by Gasteiger charge is 2.38. The summed E-state index contributed by atoms with van der Waals surface area (Å²) in [6.07, 6.45) is -4.12. The molecule has 0 aliphatic heterocycles. The van der Waals surface area contributed by atoms with Crippen LogP contribution in [-0.2, 0) is 4.79 Å². The smallest absolute Gasteiger partial charge is 0.396 e. The topological polar surface area (TPSA) is 49.3 Å². The van der Waals surface area contributed by atoms with Crippen LogP contribution in [0.3, 0.4) is 0 Å². The third-order valence-corrected chi connectivity index (χ3v) is 1.43. The van der Waals surface area contributed by atoms with Gasteiger partial charge < -0.3 is 10.4 Å². The second kappa shape index (κ2) is 5.06. The van der Waals surface area contributed by atoms with E-state index in [0.29, 0.717) is 12.8 Å². The Morgan fingerprint density at radius 1 is 1.54 bits per heavy atom. The number of halogens is 3. The van der Waals surface area contributed by atoms with Crippen molar-refractivity contribution in [3.8, 4) is 0 Å². The molecule has 1 unspecified atom stereocenters. The first-order valence-electron chi connectivity index (χ1n) is 3.86. The molecule has 1 atom stereocenters. The van der Waals surface area contributed by atoms with Crippen LogP contribution in [0.5, 0.6) is 0 Å². The van der Waals surface area contributed by atoms with Crippen LogP contribution in [0.15, 0.2) is 0 Å². The number of amides is 1. The van der Waals surface area contributed by atoms with E-state index in [-0.39, 0.29) is 6.61 Å². The lowest BCUT2D eigenvalue weighted by atomic mass is 10.2. The summed E-state index contributed by atoms with van der Waals surface area (Å²) in [6, 6.07) is -0.568. The van der Waals surface area contributed by atoms with Crippen molar-refractivity contribution in [2.75, 3.05) is 6.61 Å². The Balaban J connectivity index is 3.79. The molecule has 6 heteroatoms. The van der Waals surface area contributed by atoms with Gasteiger partial charge in [-0.15, -0.1) is 0 Å². The number of nitrogens with one attached hydrogen (secondary N) is 1. The second-order valence-electron chi connectivity index (χ2n) is 2.74. The van der Waals surface area contributed by atoms with Gasteiger partial charge in [0.25, 0.3) is 0 Å². The number of hydrogen-bond acceptors (Lipinski definition) is 2. The number of aliphatic hydroxyl groups excluding tert-OH is 1. The molecule has 0 aromatic carbocycles. The monoisotopic (exact) mass is 199 g/mol. The fourth-order valence-electron chi connectivity index (χ4n) is 0.775. The molecule has 0 rings (SSSR count). The summed E-state index contributed by atoms with van der Waals surface area (Å²) >= 11 is 0. The van der Waals surface area contributed by atoms with Gasteiger partial charge in [-0.1, -0.05) is 0 Å². The van der Waals surface area contributed by atoms with Crippen molar-refractivity contribution in [2.24, 2.45) is 0 Å². The molecule has 0 aliphatic rings. The van der Waals surface area contributed by atoms with Crippen molar-refractivity contribution in [2.45, 2.75) is 32.0 Å². The van der Waals surface area contributed by atoms with Crippen molar-refractivity contribution in [3.63, 3.8) is 0 Å². The zero-order chi connectivity index (χ0) is 10.5. The molecule has 0 spiro atoms. The Morgan fingerprint density at radius 2 is 2.08 bits per heavy atom. The van der Waals surface area contributed by atoms with Crippen molar-refractivity contribution in [1.82, 2.24) is 5.32 Å². The van der Waals surface area contributed by atoms with E-state index in [2.05, 4.69) is 0 Å². The second-order valence-corrected chi connectivity index (χ2v) is 2.74. The molecule has 0 fully saturated rings. The zero-order valence-corrected chi connectivity index (χ0v) is 7.19. The molecule has 78 valence electrons. The van der Waals surface area contributed by atoms with Gasteiger partial charge in [0.15, 0.2) is 0 Å². The standard InChI is InChI=1S/C7H12F3NO2/c1-5(3-2-4-12)11-6(13)7(8,9)10/h5,12H,2-4H2,1H3,(H,11,13). The van der Waals surface area contributed by atoms with Gasteiger partial charge in [-0.05, 0) is 19.8 Å². The molecule has 0 saturated carbocycles. The minimum Gasteiger partial charge on any atom is -0.396 e. The molecule has 13 heavy (non-hydrogen) atoms. The fourth-order valence-corrected chi connectivity index (χ4v) is 0.775. The Hall–Kier alpha value is -0.780. The van der Waals surface area contributed by atoms with Gasteiger partial charge in [0.2, 0.25) is 0 Å². The van der Waals surface area contributed by atoms with Crippen LogP contribution in [0.4, 0.5) is 13.2 Å². The lowest BCUT2D eigenvalue weighted by molar-refractivity contribution is -0.174. The summed E-state index contributed by atoms with van der Waals surface area (Å²) in [7, 11) is 0. The third-order valence-electron chi connectivity index (χ3n) is 1.43. The Labute approximate surface area is 73.9 Å². The molecule has 0 radical (unpaired) electrons. The van der Waals surface area contributed by atoms with E-state index < -0.39 is 18.1 Å². The summed E-state index contributed by atoms with van der Waals surface area (Å²) in [5.74, 6) is -1.93. The molecule has 3 nitrogen and oxygen atoms in total. The maximum atomic E-state index is 11.7. The molecular weight excluding hydrogens is 187 g/mol. The summed E-state index contributed by atoms with van der Waals surface area (Å²) in [4.78, 5) is 10.3. The van der Waals surface area contributed by atoms with Crippen molar-refractivity contribution in [1.29, 1.82) is 0 Å². The van der Waals surface area contributed by atoms with Crippen molar-refractivity contribution < 1.29 is 23.1 Å².